The molecular formula is C11H22N4. The number of nitrogens with zero attached hydrogens (tertiary/aromatic N) is 3. The molecule has 86 valence electrons. The molecule has 1 rings (SSSR count). The number of hydrogen-bond donors (Lipinski definition) is 1. The maximum Gasteiger partial charge on any atom is 0.0827 e. The largest absolute Gasteiger partial charge is 0.330 e. The van der Waals surface area contributed by atoms with Crippen molar-refractivity contribution in [1.29, 1.82) is 0 Å². The van der Waals surface area contributed by atoms with E-state index < -0.39 is 0 Å². The summed E-state index contributed by atoms with van der Waals surface area (Å²) in [4.78, 5) is 0. The molecule has 1 unspecified atom stereocenters. The van der Waals surface area contributed by atoms with E-state index in [-0.39, 0.29) is 0 Å². The lowest BCUT2D eigenvalue weighted by Gasteiger charge is -2.08. The van der Waals surface area contributed by atoms with Crippen molar-refractivity contribution < 1.29 is 0 Å². The summed E-state index contributed by atoms with van der Waals surface area (Å²) in [7, 11) is 0. The highest BCUT2D eigenvalue weighted by atomic mass is 15.4. The molecule has 0 aliphatic carbocycles. The summed E-state index contributed by atoms with van der Waals surface area (Å²) in [6.45, 7) is 5.14. The van der Waals surface area contributed by atoms with Gasteiger partial charge in [-0.2, -0.15) is 0 Å². The number of hydrogen-bond acceptors (Lipinski definition) is 3. The molecular weight excluding hydrogens is 188 g/mol. The van der Waals surface area contributed by atoms with E-state index in [1.54, 1.807) is 0 Å². The number of aromatic nitrogens is 3. The van der Waals surface area contributed by atoms with Crippen molar-refractivity contribution in [3.05, 3.63) is 11.9 Å². The summed E-state index contributed by atoms with van der Waals surface area (Å²) in [6.07, 6.45) is 7.58. The first kappa shape index (κ1) is 12.2. The second kappa shape index (κ2) is 6.56. The van der Waals surface area contributed by atoms with E-state index in [4.69, 9.17) is 5.73 Å². The molecule has 4 heteroatoms. The summed E-state index contributed by atoms with van der Waals surface area (Å²) in [6, 6.07) is 0.464. The summed E-state index contributed by atoms with van der Waals surface area (Å²) in [5, 5.41) is 8.31. The van der Waals surface area contributed by atoms with Crippen molar-refractivity contribution in [3.63, 3.8) is 0 Å². The van der Waals surface area contributed by atoms with Crippen molar-refractivity contribution in [2.45, 2.75) is 52.0 Å². The Morgan fingerprint density at radius 3 is 2.93 bits per heavy atom. The van der Waals surface area contributed by atoms with Gasteiger partial charge in [0.2, 0.25) is 0 Å². The standard InChI is InChI=1S/C11H22N4/c1-3-6-10(2)15-9-11(13-14-15)7-4-5-8-12/h9-10H,3-8,12H2,1-2H3. The Morgan fingerprint density at radius 2 is 2.27 bits per heavy atom. The smallest absolute Gasteiger partial charge is 0.0827 e. The molecule has 1 aromatic heterocycles. The Bertz CT molecular complexity index is 269. The molecule has 1 heterocycles. The minimum absolute atomic E-state index is 0.464. The zero-order chi connectivity index (χ0) is 11.1. The van der Waals surface area contributed by atoms with E-state index in [0.29, 0.717) is 6.04 Å². The van der Waals surface area contributed by atoms with Crippen LogP contribution in [0, 0.1) is 0 Å². The van der Waals surface area contributed by atoms with Crippen LogP contribution in [0.15, 0.2) is 6.20 Å². The summed E-state index contributed by atoms with van der Waals surface area (Å²) >= 11 is 0. The number of rotatable bonds is 7. The molecule has 0 amide bonds. The third kappa shape index (κ3) is 4.00. The van der Waals surface area contributed by atoms with Gasteiger partial charge in [-0.15, -0.1) is 5.10 Å². The molecule has 0 radical (unpaired) electrons. The second-order valence-corrected chi connectivity index (χ2v) is 4.07. The molecule has 0 bridgehead atoms. The summed E-state index contributed by atoms with van der Waals surface area (Å²) in [5.41, 5.74) is 6.53. The van der Waals surface area contributed by atoms with E-state index in [1.807, 2.05) is 4.68 Å². The van der Waals surface area contributed by atoms with Crippen molar-refractivity contribution in [1.82, 2.24) is 15.0 Å². The summed E-state index contributed by atoms with van der Waals surface area (Å²) < 4.78 is 1.97. The summed E-state index contributed by atoms with van der Waals surface area (Å²) in [5.74, 6) is 0. The molecule has 15 heavy (non-hydrogen) atoms. The van der Waals surface area contributed by atoms with Gasteiger partial charge in [0.1, 0.15) is 0 Å². The van der Waals surface area contributed by atoms with Gasteiger partial charge in [-0.05, 0) is 39.2 Å². The zero-order valence-electron chi connectivity index (χ0n) is 9.82. The van der Waals surface area contributed by atoms with Crippen LogP contribution < -0.4 is 5.73 Å². The highest BCUT2D eigenvalue weighted by molar-refractivity contribution is 4.93. The lowest BCUT2D eigenvalue weighted by molar-refractivity contribution is 0.443. The third-order valence-electron chi connectivity index (χ3n) is 2.60. The minimum atomic E-state index is 0.464. The van der Waals surface area contributed by atoms with Crippen LogP contribution in [0.25, 0.3) is 0 Å². The Kier molecular flexibility index (Phi) is 5.32. The van der Waals surface area contributed by atoms with E-state index in [1.165, 1.54) is 6.42 Å². The fourth-order valence-electron chi connectivity index (χ4n) is 1.64. The molecule has 0 aliphatic heterocycles. The fourth-order valence-corrected chi connectivity index (χ4v) is 1.64. The Hall–Kier alpha value is -0.900. The highest BCUT2D eigenvalue weighted by Gasteiger charge is 2.06. The van der Waals surface area contributed by atoms with Crippen molar-refractivity contribution in [2.75, 3.05) is 6.54 Å². The third-order valence-corrected chi connectivity index (χ3v) is 2.60. The van der Waals surface area contributed by atoms with Gasteiger partial charge < -0.3 is 5.73 Å². The number of aryl methyl sites for hydroxylation is 1. The first-order valence-electron chi connectivity index (χ1n) is 5.88. The van der Waals surface area contributed by atoms with Gasteiger partial charge in [-0.1, -0.05) is 18.6 Å². The van der Waals surface area contributed by atoms with Gasteiger partial charge in [0, 0.05) is 6.20 Å². The average molecular weight is 210 g/mol. The second-order valence-electron chi connectivity index (χ2n) is 4.07. The fraction of sp³-hybridized carbons (Fsp3) is 0.818. The minimum Gasteiger partial charge on any atom is -0.330 e. The van der Waals surface area contributed by atoms with Crippen LogP contribution in [0.1, 0.15) is 51.3 Å². The van der Waals surface area contributed by atoms with Crippen LogP contribution in [0.2, 0.25) is 0 Å². The maximum absolute atomic E-state index is 5.44. The van der Waals surface area contributed by atoms with Crippen molar-refractivity contribution in [3.8, 4) is 0 Å². The molecule has 0 fully saturated rings. The van der Waals surface area contributed by atoms with Gasteiger partial charge in [0.15, 0.2) is 0 Å². The molecule has 2 N–H and O–H groups in total. The van der Waals surface area contributed by atoms with Crippen LogP contribution in [0.5, 0.6) is 0 Å². The SMILES string of the molecule is CCCC(C)n1cc(CCCCN)nn1. The Balaban J connectivity index is 2.41. The van der Waals surface area contributed by atoms with Crippen LogP contribution >= 0.6 is 0 Å². The van der Waals surface area contributed by atoms with E-state index >= 15 is 0 Å². The van der Waals surface area contributed by atoms with Crippen LogP contribution in [-0.2, 0) is 6.42 Å². The van der Waals surface area contributed by atoms with Crippen molar-refractivity contribution in [2.24, 2.45) is 5.73 Å². The van der Waals surface area contributed by atoms with E-state index in [9.17, 15) is 0 Å². The topological polar surface area (TPSA) is 56.7 Å². The Labute approximate surface area is 91.9 Å². The van der Waals surface area contributed by atoms with E-state index in [0.717, 1.165) is 37.9 Å². The van der Waals surface area contributed by atoms with Gasteiger partial charge >= 0.3 is 0 Å². The van der Waals surface area contributed by atoms with Crippen LogP contribution in [-0.4, -0.2) is 21.5 Å². The maximum atomic E-state index is 5.44. The lowest BCUT2D eigenvalue weighted by atomic mass is 10.2. The van der Waals surface area contributed by atoms with Crippen LogP contribution in [0.4, 0.5) is 0 Å². The highest BCUT2D eigenvalue weighted by Crippen LogP contribution is 2.11. The normalized spacial score (nSPS) is 13.0. The van der Waals surface area contributed by atoms with Gasteiger partial charge in [0.05, 0.1) is 11.7 Å². The first-order chi connectivity index (χ1) is 7.27. The molecule has 0 spiro atoms. The van der Waals surface area contributed by atoms with Crippen LogP contribution in [0.3, 0.4) is 0 Å². The molecule has 1 atom stereocenters. The predicted molar refractivity (Wildman–Crippen MR) is 61.6 cm³/mol. The first-order valence-corrected chi connectivity index (χ1v) is 5.88. The number of unbranched alkanes of at least 4 members (excludes halogenated alkanes) is 1. The molecule has 0 saturated heterocycles. The number of nitrogens with two attached hydrogens (primary N) is 1. The molecule has 0 aromatic carbocycles. The van der Waals surface area contributed by atoms with Gasteiger partial charge in [-0.3, -0.25) is 0 Å². The quantitative estimate of drug-likeness (QED) is 0.699. The zero-order valence-corrected chi connectivity index (χ0v) is 9.82. The van der Waals surface area contributed by atoms with E-state index in [2.05, 4.69) is 30.4 Å². The Morgan fingerprint density at radius 1 is 1.47 bits per heavy atom. The van der Waals surface area contributed by atoms with Gasteiger partial charge in [0.25, 0.3) is 0 Å². The monoisotopic (exact) mass is 210 g/mol. The molecule has 1 aromatic rings. The predicted octanol–water partition coefficient (Wildman–Crippen LogP) is 1.92. The van der Waals surface area contributed by atoms with Gasteiger partial charge in [-0.25, -0.2) is 4.68 Å². The molecule has 0 saturated carbocycles. The van der Waals surface area contributed by atoms with Crippen molar-refractivity contribution >= 4 is 0 Å². The molecule has 4 nitrogen and oxygen atoms in total. The average Bonchev–Trinajstić information content (AvgIpc) is 2.67. The molecule has 0 aliphatic rings. The lowest BCUT2D eigenvalue weighted by Crippen LogP contribution is -2.05.